The van der Waals surface area contributed by atoms with Gasteiger partial charge in [-0.1, -0.05) is 67.6 Å². The average Bonchev–Trinajstić information content (AvgIpc) is 2.75. The van der Waals surface area contributed by atoms with Gasteiger partial charge in [-0.15, -0.1) is 12.4 Å². The molecule has 0 aromatic heterocycles. The maximum absolute atomic E-state index is 13.1. The van der Waals surface area contributed by atoms with Gasteiger partial charge in [0.2, 0.25) is 11.8 Å². The molecule has 6 heteroatoms. The number of carbonyl (C=O) groups is 2. The van der Waals surface area contributed by atoms with Crippen molar-refractivity contribution >= 4 is 24.2 Å². The van der Waals surface area contributed by atoms with Crippen LogP contribution in [-0.2, 0) is 16.1 Å². The lowest BCUT2D eigenvalue weighted by atomic mass is 9.83. The van der Waals surface area contributed by atoms with Crippen LogP contribution in [0.3, 0.4) is 0 Å². The Morgan fingerprint density at radius 2 is 1.73 bits per heavy atom. The van der Waals surface area contributed by atoms with Crippen LogP contribution in [-0.4, -0.2) is 35.8 Å². The molecule has 0 saturated carbocycles. The standard InChI is InChI=1S/C24H31N3O2.ClH/c1-3-25-18(2)16-26-24(29)21-14-15-22(28)27(17-19-10-6-4-7-11-19)23(21)20-12-8-5-9-13-20;/h4-13,18,21,23,25H,3,14-17H2,1-2H3,(H,26,29);1H/t18-,21?,23?;/m1./s1. The van der Waals surface area contributed by atoms with Gasteiger partial charge in [0.1, 0.15) is 0 Å². The molecule has 3 atom stereocenters. The monoisotopic (exact) mass is 429 g/mol. The topological polar surface area (TPSA) is 61.4 Å². The predicted octanol–water partition coefficient (Wildman–Crippen LogP) is 3.70. The molecule has 2 aromatic rings. The number of benzene rings is 2. The fourth-order valence-electron chi connectivity index (χ4n) is 4.06. The van der Waals surface area contributed by atoms with E-state index >= 15 is 0 Å². The molecular formula is C24H32ClN3O2. The van der Waals surface area contributed by atoms with Gasteiger partial charge in [-0.2, -0.15) is 0 Å². The molecule has 2 unspecified atom stereocenters. The second-order valence-corrected chi connectivity index (χ2v) is 7.71. The zero-order valence-corrected chi connectivity index (χ0v) is 18.5. The molecule has 0 aliphatic carbocycles. The van der Waals surface area contributed by atoms with Crippen LogP contribution in [0.25, 0.3) is 0 Å². The highest BCUT2D eigenvalue weighted by atomic mass is 35.5. The number of rotatable bonds is 8. The molecule has 1 fully saturated rings. The summed E-state index contributed by atoms with van der Waals surface area (Å²) in [4.78, 5) is 27.9. The first-order valence-corrected chi connectivity index (χ1v) is 10.5. The van der Waals surface area contributed by atoms with Gasteiger partial charge in [-0.25, -0.2) is 0 Å². The van der Waals surface area contributed by atoms with E-state index in [-0.39, 0.29) is 42.2 Å². The van der Waals surface area contributed by atoms with Crippen molar-refractivity contribution in [1.82, 2.24) is 15.5 Å². The number of likely N-dealkylation sites (tertiary alicyclic amines) is 1. The van der Waals surface area contributed by atoms with Crippen LogP contribution in [0, 0.1) is 5.92 Å². The highest BCUT2D eigenvalue weighted by molar-refractivity contribution is 5.85. The normalized spacial score (nSPS) is 19.7. The van der Waals surface area contributed by atoms with Crippen molar-refractivity contribution in [2.45, 2.75) is 45.3 Å². The van der Waals surface area contributed by atoms with Gasteiger partial charge in [0.15, 0.2) is 0 Å². The lowest BCUT2D eigenvalue weighted by molar-refractivity contribution is -0.144. The lowest BCUT2D eigenvalue weighted by Gasteiger charge is -2.41. The Kier molecular flexibility index (Phi) is 9.34. The summed E-state index contributed by atoms with van der Waals surface area (Å²) in [5, 5.41) is 6.41. The highest BCUT2D eigenvalue weighted by Gasteiger charge is 2.40. The summed E-state index contributed by atoms with van der Waals surface area (Å²) in [5.74, 6) is -0.130. The van der Waals surface area contributed by atoms with E-state index in [4.69, 9.17) is 0 Å². The first-order valence-electron chi connectivity index (χ1n) is 10.5. The van der Waals surface area contributed by atoms with Gasteiger partial charge < -0.3 is 15.5 Å². The van der Waals surface area contributed by atoms with Gasteiger partial charge >= 0.3 is 0 Å². The Morgan fingerprint density at radius 1 is 1.10 bits per heavy atom. The average molecular weight is 430 g/mol. The van der Waals surface area contributed by atoms with Crippen molar-refractivity contribution in [3.63, 3.8) is 0 Å². The van der Waals surface area contributed by atoms with Crippen LogP contribution in [0.4, 0.5) is 0 Å². The molecule has 0 spiro atoms. The zero-order chi connectivity index (χ0) is 20.6. The lowest BCUT2D eigenvalue weighted by Crippen LogP contribution is -2.49. The summed E-state index contributed by atoms with van der Waals surface area (Å²) in [6, 6.07) is 19.9. The van der Waals surface area contributed by atoms with Crippen LogP contribution >= 0.6 is 12.4 Å². The number of amides is 2. The van der Waals surface area contributed by atoms with Gasteiger partial charge in [0.05, 0.1) is 12.0 Å². The van der Waals surface area contributed by atoms with E-state index < -0.39 is 0 Å². The quantitative estimate of drug-likeness (QED) is 0.672. The highest BCUT2D eigenvalue weighted by Crippen LogP contribution is 2.37. The molecule has 2 amide bonds. The number of hydrogen-bond donors (Lipinski definition) is 2. The van der Waals surface area contributed by atoms with Gasteiger partial charge in [-0.05, 0) is 31.0 Å². The summed E-state index contributed by atoms with van der Waals surface area (Å²) in [7, 11) is 0. The molecule has 1 aliphatic heterocycles. The Hall–Kier alpha value is -2.37. The van der Waals surface area contributed by atoms with Gasteiger partial charge in [0, 0.05) is 25.6 Å². The fraction of sp³-hybridized carbons (Fsp3) is 0.417. The maximum atomic E-state index is 13.1. The molecule has 2 N–H and O–H groups in total. The van der Waals surface area contributed by atoms with Crippen molar-refractivity contribution in [1.29, 1.82) is 0 Å². The molecule has 162 valence electrons. The van der Waals surface area contributed by atoms with Gasteiger partial charge in [-0.3, -0.25) is 9.59 Å². The Morgan fingerprint density at radius 3 is 2.37 bits per heavy atom. The summed E-state index contributed by atoms with van der Waals surface area (Å²) in [5.41, 5.74) is 2.08. The van der Waals surface area contributed by atoms with Crippen LogP contribution < -0.4 is 10.6 Å². The third-order valence-electron chi connectivity index (χ3n) is 5.52. The largest absolute Gasteiger partial charge is 0.354 e. The first-order chi connectivity index (χ1) is 14.1. The van der Waals surface area contributed by atoms with Crippen LogP contribution in [0.15, 0.2) is 60.7 Å². The van der Waals surface area contributed by atoms with Crippen molar-refractivity contribution < 1.29 is 9.59 Å². The minimum atomic E-state index is -0.257. The van der Waals surface area contributed by atoms with E-state index in [2.05, 4.69) is 24.5 Å². The van der Waals surface area contributed by atoms with Crippen molar-refractivity contribution in [2.24, 2.45) is 5.92 Å². The molecule has 0 bridgehead atoms. The minimum Gasteiger partial charge on any atom is -0.354 e. The molecule has 1 heterocycles. The molecule has 3 rings (SSSR count). The number of piperidine rings is 1. The minimum absolute atomic E-state index is 0. The van der Waals surface area contributed by atoms with Crippen LogP contribution in [0.2, 0.25) is 0 Å². The van der Waals surface area contributed by atoms with Crippen molar-refractivity contribution in [3.05, 3.63) is 71.8 Å². The number of nitrogens with one attached hydrogen (secondary N) is 2. The zero-order valence-electron chi connectivity index (χ0n) is 17.7. The van der Waals surface area contributed by atoms with Crippen LogP contribution in [0.5, 0.6) is 0 Å². The van der Waals surface area contributed by atoms with E-state index in [1.165, 1.54) is 0 Å². The van der Waals surface area contributed by atoms with Crippen LogP contribution in [0.1, 0.15) is 43.9 Å². The second kappa shape index (κ2) is 11.7. The van der Waals surface area contributed by atoms with Crippen molar-refractivity contribution in [3.8, 4) is 0 Å². The van der Waals surface area contributed by atoms with E-state index in [1.54, 1.807) is 0 Å². The Bertz CT molecular complexity index is 801. The fourth-order valence-corrected chi connectivity index (χ4v) is 4.06. The number of likely N-dealkylation sites (N-methyl/N-ethyl adjacent to an activating group) is 1. The number of halogens is 1. The Labute approximate surface area is 185 Å². The molecule has 1 aliphatic rings. The Balaban J connectivity index is 0.00000320. The summed E-state index contributed by atoms with van der Waals surface area (Å²) < 4.78 is 0. The molecule has 0 radical (unpaired) electrons. The number of nitrogens with zero attached hydrogens (tertiary/aromatic N) is 1. The molecule has 1 saturated heterocycles. The summed E-state index contributed by atoms with van der Waals surface area (Å²) in [6.07, 6.45) is 0.974. The third kappa shape index (κ3) is 6.07. The van der Waals surface area contributed by atoms with E-state index in [0.717, 1.165) is 17.7 Å². The smallest absolute Gasteiger partial charge is 0.225 e. The summed E-state index contributed by atoms with van der Waals surface area (Å²) in [6.45, 7) is 6.07. The predicted molar refractivity (Wildman–Crippen MR) is 122 cm³/mol. The van der Waals surface area contributed by atoms with Gasteiger partial charge in [0.25, 0.3) is 0 Å². The second-order valence-electron chi connectivity index (χ2n) is 7.71. The molecular weight excluding hydrogens is 398 g/mol. The van der Waals surface area contributed by atoms with E-state index in [1.807, 2.05) is 65.6 Å². The molecule has 2 aromatic carbocycles. The van der Waals surface area contributed by atoms with E-state index in [0.29, 0.717) is 25.9 Å². The van der Waals surface area contributed by atoms with E-state index in [9.17, 15) is 9.59 Å². The third-order valence-corrected chi connectivity index (χ3v) is 5.52. The summed E-state index contributed by atoms with van der Waals surface area (Å²) >= 11 is 0. The number of carbonyl (C=O) groups excluding carboxylic acids is 2. The first kappa shape index (κ1) is 23.9. The SMILES string of the molecule is CCN[C@H](C)CNC(=O)C1CCC(=O)N(Cc2ccccc2)C1c1ccccc1.Cl. The molecule has 5 nitrogen and oxygen atoms in total. The van der Waals surface area contributed by atoms with Crippen molar-refractivity contribution in [2.75, 3.05) is 13.1 Å². The number of hydrogen-bond acceptors (Lipinski definition) is 3. The molecule has 30 heavy (non-hydrogen) atoms. The maximum Gasteiger partial charge on any atom is 0.225 e.